The zero-order valence-electron chi connectivity index (χ0n) is 38.7. The number of rotatable bonds is 23. The Balaban J connectivity index is 1.51. The molecule has 4 rings (SSSR count). The Kier molecular flexibility index (Phi) is 19.0. The second-order valence-corrected chi connectivity index (χ2v) is 17.5. The van der Waals surface area contributed by atoms with E-state index in [0.29, 0.717) is 19.4 Å². The van der Waals surface area contributed by atoms with Gasteiger partial charge in [0, 0.05) is 51.3 Å². The van der Waals surface area contributed by atoms with Gasteiger partial charge in [0.15, 0.2) is 0 Å². The van der Waals surface area contributed by atoms with Crippen molar-refractivity contribution in [2.75, 3.05) is 34.9 Å². The first-order valence-electron chi connectivity index (χ1n) is 22.2. The number of nitrogens with zero attached hydrogens (tertiary/aromatic N) is 2. The Bertz CT molecular complexity index is 1920. The average molecular weight is 861 g/mol. The predicted octanol–water partition coefficient (Wildman–Crippen LogP) is 5.24. The van der Waals surface area contributed by atoms with Crippen molar-refractivity contribution in [2.24, 2.45) is 23.7 Å². The number of likely N-dealkylation sites (N-methyl/N-ethyl adjacent to an activating group) is 2. The number of methoxy groups -OCH3 is 2. The fourth-order valence-corrected chi connectivity index (χ4v) is 8.90. The van der Waals surface area contributed by atoms with Crippen LogP contribution in [0.4, 0.5) is 0 Å². The molecule has 1 aromatic heterocycles. The number of carbonyl (C=O) groups is 5. The molecule has 0 bridgehead atoms. The minimum atomic E-state index is -0.991. The summed E-state index contributed by atoms with van der Waals surface area (Å²) in [5.41, 5.74) is 2.61. The highest BCUT2D eigenvalue weighted by Crippen LogP contribution is 2.30. The third-order valence-corrected chi connectivity index (χ3v) is 12.7. The maximum atomic E-state index is 14.4. The van der Waals surface area contributed by atoms with E-state index in [-0.39, 0.29) is 54.9 Å². The summed E-state index contributed by atoms with van der Waals surface area (Å²) in [4.78, 5) is 76.5. The van der Waals surface area contributed by atoms with Crippen molar-refractivity contribution in [3.05, 3.63) is 71.9 Å². The molecule has 3 aromatic rings. The van der Waals surface area contributed by atoms with Gasteiger partial charge in [-0.3, -0.25) is 19.2 Å². The van der Waals surface area contributed by atoms with Gasteiger partial charge in [0.2, 0.25) is 23.6 Å². The minimum absolute atomic E-state index is 0.00945. The fourth-order valence-electron chi connectivity index (χ4n) is 8.90. The molecule has 0 spiro atoms. The highest BCUT2D eigenvalue weighted by atomic mass is 16.5. The van der Waals surface area contributed by atoms with Crippen LogP contribution in [0.3, 0.4) is 0 Å². The highest BCUT2D eigenvalue weighted by molar-refractivity contribution is 5.91. The van der Waals surface area contributed by atoms with Crippen LogP contribution in [-0.2, 0) is 51.2 Å². The standard InChI is InChI=1S/C48H72N6O8/c1-12-31(6)43(53(9)47(58)42(30(4)5)52-46(57)41(49-8)29(2)3)39(60-10)26-40(55)54-24-18-23-38(54)44(61-11)32(7)45(56)51-37(48(59)62-28-33-19-14-13-15-20-33)25-34-27-50-36-22-17-16-21-35(34)36/h13-17,19-22,27,29-32,37-39,41-44,49-50H,12,18,23-26,28H2,1-11H3,(H,51,56)(H,52,57)/t31-,32+,37-,38-,39+,41-,42-,43-,44+/m0/s1. The van der Waals surface area contributed by atoms with Crippen LogP contribution in [0.5, 0.6) is 0 Å². The van der Waals surface area contributed by atoms with Gasteiger partial charge in [-0.15, -0.1) is 0 Å². The molecule has 1 aliphatic heterocycles. The van der Waals surface area contributed by atoms with E-state index in [2.05, 4.69) is 20.9 Å². The molecular weight excluding hydrogens is 789 g/mol. The first kappa shape index (κ1) is 49.9. The summed E-state index contributed by atoms with van der Waals surface area (Å²) in [6.45, 7) is 14.0. The zero-order valence-corrected chi connectivity index (χ0v) is 38.7. The number of hydrogen-bond donors (Lipinski definition) is 4. The van der Waals surface area contributed by atoms with Crippen LogP contribution in [0.25, 0.3) is 10.9 Å². The second kappa shape index (κ2) is 23.6. The number of amides is 4. The number of nitrogens with one attached hydrogen (secondary N) is 4. The van der Waals surface area contributed by atoms with E-state index in [1.54, 1.807) is 37.9 Å². The average Bonchev–Trinajstić information content (AvgIpc) is 3.92. The van der Waals surface area contributed by atoms with Crippen LogP contribution >= 0.6 is 0 Å². The largest absolute Gasteiger partial charge is 0.459 e. The van der Waals surface area contributed by atoms with E-state index < -0.39 is 60.2 Å². The second-order valence-electron chi connectivity index (χ2n) is 17.5. The van der Waals surface area contributed by atoms with Gasteiger partial charge in [-0.25, -0.2) is 4.79 Å². The first-order valence-corrected chi connectivity index (χ1v) is 22.2. The molecule has 62 heavy (non-hydrogen) atoms. The number of H-pyrrole nitrogens is 1. The summed E-state index contributed by atoms with van der Waals surface area (Å²) in [6, 6.07) is 14.0. The maximum Gasteiger partial charge on any atom is 0.329 e. The number of esters is 1. The number of benzene rings is 2. The van der Waals surface area contributed by atoms with Crippen molar-refractivity contribution in [3.8, 4) is 0 Å². The molecule has 342 valence electrons. The minimum Gasteiger partial charge on any atom is -0.459 e. The monoisotopic (exact) mass is 861 g/mol. The summed E-state index contributed by atoms with van der Waals surface area (Å²) < 4.78 is 17.8. The van der Waals surface area contributed by atoms with E-state index in [4.69, 9.17) is 14.2 Å². The predicted molar refractivity (Wildman–Crippen MR) is 241 cm³/mol. The molecule has 1 saturated heterocycles. The molecule has 14 heteroatoms. The Morgan fingerprint density at radius 3 is 2.15 bits per heavy atom. The summed E-state index contributed by atoms with van der Waals surface area (Å²) >= 11 is 0. The fraction of sp³-hybridized carbons (Fsp3) is 0.604. The Labute approximate surface area is 368 Å². The van der Waals surface area contributed by atoms with E-state index in [9.17, 15) is 24.0 Å². The van der Waals surface area contributed by atoms with Crippen LogP contribution in [0.2, 0.25) is 0 Å². The molecular formula is C48H72N6O8. The number of likely N-dealkylation sites (tertiary alicyclic amines) is 1. The van der Waals surface area contributed by atoms with E-state index in [1.807, 2.05) is 102 Å². The Hall–Kier alpha value is -4.79. The molecule has 1 fully saturated rings. The van der Waals surface area contributed by atoms with Crippen molar-refractivity contribution in [2.45, 2.75) is 130 Å². The van der Waals surface area contributed by atoms with Gasteiger partial charge in [0.25, 0.3) is 0 Å². The van der Waals surface area contributed by atoms with Crippen LogP contribution in [0.15, 0.2) is 60.8 Å². The molecule has 0 unspecified atom stereocenters. The molecule has 0 saturated carbocycles. The van der Waals surface area contributed by atoms with E-state index in [0.717, 1.165) is 28.5 Å². The van der Waals surface area contributed by atoms with Gasteiger partial charge in [0.1, 0.15) is 18.7 Å². The number of aromatic amines is 1. The molecule has 4 N–H and O–H groups in total. The van der Waals surface area contributed by atoms with E-state index >= 15 is 0 Å². The summed E-state index contributed by atoms with van der Waals surface area (Å²) in [5.74, 6) is -2.60. The zero-order chi connectivity index (χ0) is 45.7. The Morgan fingerprint density at radius 2 is 1.53 bits per heavy atom. The molecule has 14 nitrogen and oxygen atoms in total. The topological polar surface area (TPSA) is 171 Å². The maximum absolute atomic E-state index is 14.4. The van der Waals surface area contributed by atoms with Crippen LogP contribution < -0.4 is 16.0 Å². The molecule has 4 amide bonds. The number of ether oxygens (including phenoxy) is 3. The number of para-hydroxylation sites is 1. The van der Waals surface area contributed by atoms with Crippen molar-refractivity contribution in [1.82, 2.24) is 30.7 Å². The van der Waals surface area contributed by atoms with E-state index in [1.165, 1.54) is 7.11 Å². The molecule has 2 heterocycles. The third kappa shape index (κ3) is 12.4. The lowest BCUT2D eigenvalue weighted by Gasteiger charge is -2.41. The molecule has 2 aromatic carbocycles. The summed E-state index contributed by atoms with van der Waals surface area (Å²) in [5, 5.41) is 9.98. The first-order chi connectivity index (χ1) is 29.6. The number of carbonyl (C=O) groups excluding carboxylic acids is 5. The quantitative estimate of drug-likeness (QED) is 0.0932. The lowest BCUT2D eigenvalue weighted by Crippen LogP contribution is -2.59. The SMILES string of the molecule is CC[C@H](C)[C@@H]([C@@H](CC(=O)N1CCC[C@H]1[C@H](OC)[C@@H](C)C(=O)N[C@@H](Cc1c[nH]c2ccccc12)C(=O)OCc1ccccc1)OC)N(C)C(=O)[C@@H](NC(=O)[C@@H](NC)C(C)C)C(C)C. The molecule has 0 radical (unpaired) electrons. The van der Waals surface area contributed by atoms with Crippen molar-refractivity contribution < 1.29 is 38.2 Å². The lowest BCUT2D eigenvalue weighted by atomic mass is 9.89. The molecule has 0 aliphatic carbocycles. The van der Waals surface area contributed by atoms with Gasteiger partial charge < -0.3 is 44.9 Å². The molecule has 9 atom stereocenters. The van der Waals surface area contributed by atoms with Crippen LogP contribution in [-0.4, -0.2) is 122 Å². The smallest absolute Gasteiger partial charge is 0.329 e. The van der Waals surface area contributed by atoms with Gasteiger partial charge in [-0.2, -0.15) is 0 Å². The summed E-state index contributed by atoms with van der Waals surface area (Å²) in [7, 11) is 6.54. The Morgan fingerprint density at radius 1 is 0.871 bits per heavy atom. The van der Waals surface area contributed by atoms with Crippen molar-refractivity contribution >= 4 is 40.5 Å². The third-order valence-electron chi connectivity index (χ3n) is 12.7. The lowest BCUT2D eigenvalue weighted by molar-refractivity contribution is -0.151. The van der Waals surface area contributed by atoms with Gasteiger partial charge in [-0.05, 0) is 54.8 Å². The van der Waals surface area contributed by atoms with Crippen LogP contribution in [0, 0.1) is 23.7 Å². The van der Waals surface area contributed by atoms with Crippen LogP contribution in [0.1, 0.15) is 85.3 Å². The normalized spacial score (nSPS) is 18.1. The highest BCUT2D eigenvalue weighted by Gasteiger charge is 2.43. The summed E-state index contributed by atoms with van der Waals surface area (Å²) in [6.07, 6.45) is 2.74. The number of fused-ring (bicyclic) bond motifs is 1. The number of hydrogen-bond acceptors (Lipinski definition) is 9. The van der Waals surface area contributed by atoms with Gasteiger partial charge >= 0.3 is 5.97 Å². The van der Waals surface area contributed by atoms with Gasteiger partial charge in [0.05, 0.1) is 42.7 Å². The number of aromatic nitrogens is 1. The van der Waals surface area contributed by atoms with Crippen molar-refractivity contribution in [3.63, 3.8) is 0 Å². The van der Waals surface area contributed by atoms with Gasteiger partial charge in [-0.1, -0.05) is 103 Å². The van der Waals surface area contributed by atoms with Crippen molar-refractivity contribution in [1.29, 1.82) is 0 Å². The molecule has 1 aliphatic rings.